The first-order valence-electron chi connectivity index (χ1n) is 6.73. The zero-order valence-corrected chi connectivity index (χ0v) is 12.4. The van der Waals surface area contributed by atoms with Gasteiger partial charge in [0.25, 0.3) is 0 Å². The molecule has 1 N–H and O–H groups in total. The Kier molecular flexibility index (Phi) is 6.75. The van der Waals surface area contributed by atoms with Crippen LogP contribution in [-0.4, -0.2) is 18.1 Å². The molecule has 0 fully saturated rings. The Morgan fingerprint density at radius 1 is 1.35 bits per heavy atom. The quantitative estimate of drug-likeness (QED) is 0.766. The zero-order chi connectivity index (χ0) is 12.7. The SMILES string of the molecule is CCCC(CNCC(C)C)Cc1csc(C)n1. The molecular formula is C14H26N2S. The van der Waals surface area contributed by atoms with Gasteiger partial charge in [-0.1, -0.05) is 27.2 Å². The molecule has 0 aromatic carbocycles. The number of aryl methyl sites for hydroxylation is 1. The van der Waals surface area contributed by atoms with Crippen molar-refractivity contribution in [1.82, 2.24) is 10.3 Å². The predicted molar refractivity (Wildman–Crippen MR) is 76.7 cm³/mol. The fourth-order valence-corrected chi connectivity index (χ4v) is 2.68. The standard InChI is InChI=1S/C14H26N2S/c1-5-6-13(9-15-8-11(2)3)7-14-10-17-12(4)16-14/h10-11,13,15H,5-9H2,1-4H3. The summed E-state index contributed by atoms with van der Waals surface area (Å²) in [7, 11) is 0. The first kappa shape index (κ1) is 14.7. The van der Waals surface area contributed by atoms with Crippen LogP contribution in [0.2, 0.25) is 0 Å². The van der Waals surface area contributed by atoms with Crippen LogP contribution in [0.15, 0.2) is 5.38 Å². The van der Waals surface area contributed by atoms with Gasteiger partial charge >= 0.3 is 0 Å². The minimum Gasteiger partial charge on any atom is -0.316 e. The number of hydrogen-bond acceptors (Lipinski definition) is 3. The molecule has 1 heterocycles. The third kappa shape index (κ3) is 6.18. The van der Waals surface area contributed by atoms with E-state index in [0.717, 1.165) is 31.3 Å². The largest absolute Gasteiger partial charge is 0.316 e. The number of hydrogen-bond donors (Lipinski definition) is 1. The van der Waals surface area contributed by atoms with Crippen LogP contribution < -0.4 is 5.32 Å². The summed E-state index contributed by atoms with van der Waals surface area (Å²) in [5.41, 5.74) is 1.28. The molecule has 17 heavy (non-hydrogen) atoms. The molecule has 0 aliphatic rings. The van der Waals surface area contributed by atoms with Crippen LogP contribution in [0.25, 0.3) is 0 Å². The smallest absolute Gasteiger partial charge is 0.0897 e. The number of thiazole rings is 1. The minimum atomic E-state index is 0.735. The first-order valence-corrected chi connectivity index (χ1v) is 7.61. The Balaban J connectivity index is 2.37. The van der Waals surface area contributed by atoms with Gasteiger partial charge in [-0.15, -0.1) is 11.3 Å². The molecule has 1 atom stereocenters. The lowest BCUT2D eigenvalue weighted by atomic mass is 9.98. The number of nitrogens with zero attached hydrogens (tertiary/aromatic N) is 1. The molecule has 0 radical (unpaired) electrons. The van der Waals surface area contributed by atoms with Gasteiger partial charge in [-0.2, -0.15) is 0 Å². The van der Waals surface area contributed by atoms with E-state index >= 15 is 0 Å². The molecule has 0 spiro atoms. The van der Waals surface area contributed by atoms with Gasteiger partial charge < -0.3 is 5.32 Å². The Labute approximate surface area is 110 Å². The fraction of sp³-hybridized carbons (Fsp3) is 0.786. The van der Waals surface area contributed by atoms with Crippen molar-refractivity contribution in [3.63, 3.8) is 0 Å². The summed E-state index contributed by atoms with van der Waals surface area (Å²) in [5, 5.41) is 6.97. The van der Waals surface area contributed by atoms with Crippen LogP contribution in [0.5, 0.6) is 0 Å². The third-order valence-corrected chi connectivity index (χ3v) is 3.67. The molecule has 0 aliphatic heterocycles. The second-order valence-corrected chi connectivity index (χ2v) is 6.33. The summed E-state index contributed by atoms with van der Waals surface area (Å²) >= 11 is 1.76. The lowest BCUT2D eigenvalue weighted by Gasteiger charge is -2.16. The molecule has 1 aromatic heterocycles. The van der Waals surface area contributed by atoms with Gasteiger partial charge in [0.15, 0.2) is 0 Å². The summed E-state index contributed by atoms with van der Waals surface area (Å²) in [6.45, 7) is 11.1. The first-order chi connectivity index (χ1) is 8.11. The Hall–Kier alpha value is -0.410. The van der Waals surface area contributed by atoms with Crippen molar-refractivity contribution < 1.29 is 0 Å². The van der Waals surface area contributed by atoms with Crippen LogP contribution in [0.3, 0.4) is 0 Å². The highest BCUT2D eigenvalue weighted by Gasteiger charge is 2.10. The second kappa shape index (κ2) is 7.83. The Morgan fingerprint density at radius 3 is 2.65 bits per heavy atom. The summed E-state index contributed by atoms with van der Waals surface area (Å²) in [6.07, 6.45) is 3.68. The van der Waals surface area contributed by atoms with Crippen molar-refractivity contribution in [2.24, 2.45) is 11.8 Å². The van der Waals surface area contributed by atoms with E-state index in [1.54, 1.807) is 11.3 Å². The van der Waals surface area contributed by atoms with Gasteiger partial charge in [0, 0.05) is 5.38 Å². The van der Waals surface area contributed by atoms with E-state index in [2.05, 4.69) is 43.4 Å². The van der Waals surface area contributed by atoms with Gasteiger partial charge in [0.2, 0.25) is 0 Å². The number of aromatic nitrogens is 1. The molecule has 0 bridgehead atoms. The fourth-order valence-electron chi connectivity index (χ4n) is 2.06. The summed E-state index contributed by atoms with van der Waals surface area (Å²) < 4.78 is 0. The highest BCUT2D eigenvalue weighted by atomic mass is 32.1. The molecule has 0 saturated heterocycles. The van der Waals surface area contributed by atoms with E-state index in [4.69, 9.17) is 0 Å². The van der Waals surface area contributed by atoms with Crippen LogP contribution >= 0.6 is 11.3 Å². The molecule has 98 valence electrons. The van der Waals surface area contributed by atoms with E-state index in [-0.39, 0.29) is 0 Å². The van der Waals surface area contributed by atoms with Crippen molar-refractivity contribution in [3.05, 3.63) is 16.1 Å². The van der Waals surface area contributed by atoms with Gasteiger partial charge in [-0.25, -0.2) is 4.98 Å². The van der Waals surface area contributed by atoms with E-state index in [1.165, 1.54) is 23.5 Å². The lowest BCUT2D eigenvalue weighted by Crippen LogP contribution is -2.27. The normalized spacial score (nSPS) is 13.2. The number of rotatable bonds is 8. The summed E-state index contributed by atoms with van der Waals surface area (Å²) in [4.78, 5) is 4.57. The minimum absolute atomic E-state index is 0.735. The van der Waals surface area contributed by atoms with Crippen LogP contribution in [0, 0.1) is 18.8 Å². The van der Waals surface area contributed by atoms with Crippen LogP contribution in [-0.2, 0) is 6.42 Å². The number of nitrogens with one attached hydrogen (secondary N) is 1. The van der Waals surface area contributed by atoms with E-state index in [1.807, 2.05) is 0 Å². The highest BCUT2D eigenvalue weighted by Crippen LogP contribution is 2.16. The third-order valence-electron chi connectivity index (χ3n) is 2.85. The summed E-state index contributed by atoms with van der Waals surface area (Å²) in [6, 6.07) is 0. The van der Waals surface area contributed by atoms with Gasteiger partial charge in [0.05, 0.1) is 10.7 Å². The molecule has 3 heteroatoms. The highest BCUT2D eigenvalue weighted by molar-refractivity contribution is 7.09. The van der Waals surface area contributed by atoms with Crippen molar-refractivity contribution >= 4 is 11.3 Å². The maximum absolute atomic E-state index is 4.57. The zero-order valence-electron chi connectivity index (χ0n) is 11.6. The van der Waals surface area contributed by atoms with Gasteiger partial charge in [-0.3, -0.25) is 0 Å². The van der Waals surface area contributed by atoms with Crippen molar-refractivity contribution in [3.8, 4) is 0 Å². The van der Waals surface area contributed by atoms with E-state index < -0.39 is 0 Å². The average molecular weight is 254 g/mol. The Morgan fingerprint density at radius 2 is 2.12 bits per heavy atom. The van der Waals surface area contributed by atoms with Gasteiger partial charge in [-0.05, 0) is 44.7 Å². The molecule has 2 nitrogen and oxygen atoms in total. The van der Waals surface area contributed by atoms with E-state index in [9.17, 15) is 0 Å². The molecular weight excluding hydrogens is 228 g/mol. The van der Waals surface area contributed by atoms with Crippen molar-refractivity contribution in [1.29, 1.82) is 0 Å². The average Bonchev–Trinajstić information content (AvgIpc) is 2.63. The second-order valence-electron chi connectivity index (χ2n) is 5.27. The van der Waals surface area contributed by atoms with Gasteiger partial charge in [0.1, 0.15) is 0 Å². The molecule has 0 aliphatic carbocycles. The predicted octanol–water partition coefficient (Wildman–Crippen LogP) is 3.66. The molecule has 1 unspecified atom stereocenters. The molecule has 1 aromatic rings. The van der Waals surface area contributed by atoms with Crippen molar-refractivity contribution in [2.45, 2.75) is 47.0 Å². The van der Waals surface area contributed by atoms with Crippen LogP contribution in [0.4, 0.5) is 0 Å². The molecule has 0 saturated carbocycles. The monoisotopic (exact) mass is 254 g/mol. The topological polar surface area (TPSA) is 24.9 Å². The van der Waals surface area contributed by atoms with Crippen molar-refractivity contribution in [2.75, 3.05) is 13.1 Å². The van der Waals surface area contributed by atoms with Crippen LogP contribution in [0.1, 0.15) is 44.3 Å². The Bertz CT molecular complexity index is 307. The van der Waals surface area contributed by atoms with E-state index in [0.29, 0.717) is 0 Å². The maximum atomic E-state index is 4.57. The molecule has 1 rings (SSSR count). The maximum Gasteiger partial charge on any atom is 0.0897 e. The molecule has 0 amide bonds. The summed E-state index contributed by atoms with van der Waals surface area (Å²) in [5.74, 6) is 1.47. The lowest BCUT2D eigenvalue weighted by molar-refractivity contribution is 0.418.